The molecule has 1 amide bonds. The lowest BCUT2D eigenvalue weighted by atomic mass is 10.3. The molecule has 4 heteroatoms. The first-order valence-electron chi connectivity index (χ1n) is 3.34. The zero-order valence-corrected chi connectivity index (χ0v) is 6.42. The molecule has 0 aliphatic rings. The minimum Gasteiger partial charge on any atom is -0.351 e. The van der Waals surface area contributed by atoms with Gasteiger partial charge in [0.2, 0.25) is 5.91 Å². The standard InChI is InChI=1S/C6H15N3O/c1-4(3-7)9-6(10)5(2)8/h4-5H,3,7-8H2,1-2H3,(H,9,10)/t4-,5-/m1/s1. The summed E-state index contributed by atoms with van der Waals surface area (Å²) in [7, 11) is 0. The molecule has 0 aromatic rings. The smallest absolute Gasteiger partial charge is 0.236 e. The average molecular weight is 145 g/mol. The van der Waals surface area contributed by atoms with Gasteiger partial charge in [-0.25, -0.2) is 0 Å². The Morgan fingerprint density at radius 2 is 2.10 bits per heavy atom. The van der Waals surface area contributed by atoms with Crippen LogP contribution in [0.1, 0.15) is 13.8 Å². The minimum absolute atomic E-state index is 0.0125. The fourth-order valence-corrected chi connectivity index (χ4v) is 0.433. The van der Waals surface area contributed by atoms with Crippen LogP contribution in [0.2, 0.25) is 0 Å². The molecule has 0 bridgehead atoms. The molecular formula is C6H15N3O. The van der Waals surface area contributed by atoms with Crippen LogP contribution in [0, 0.1) is 0 Å². The quantitative estimate of drug-likeness (QED) is 0.466. The van der Waals surface area contributed by atoms with Gasteiger partial charge in [-0.05, 0) is 13.8 Å². The number of hydrogen-bond acceptors (Lipinski definition) is 3. The summed E-state index contributed by atoms with van der Waals surface area (Å²) in [5, 5.41) is 2.64. The van der Waals surface area contributed by atoms with Crippen molar-refractivity contribution < 1.29 is 4.79 Å². The molecule has 0 radical (unpaired) electrons. The second-order valence-corrected chi connectivity index (χ2v) is 2.43. The highest BCUT2D eigenvalue weighted by atomic mass is 16.2. The van der Waals surface area contributed by atoms with Crippen LogP contribution >= 0.6 is 0 Å². The van der Waals surface area contributed by atoms with E-state index < -0.39 is 6.04 Å². The Morgan fingerprint density at radius 3 is 2.40 bits per heavy atom. The zero-order chi connectivity index (χ0) is 8.15. The lowest BCUT2D eigenvalue weighted by Crippen LogP contribution is -2.45. The lowest BCUT2D eigenvalue weighted by molar-refractivity contribution is -0.122. The van der Waals surface area contributed by atoms with Crippen LogP contribution in [0.25, 0.3) is 0 Å². The molecule has 0 rings (SSSR count). The molecule has 10 heavy (non-hydrogen) atoms. The van der Waals surface area contributed by atoms with Gasteiger partial charge in [-0.2, -0.15) is 0 Å². The van der Waals surface area contributed by atoms with Gasteiger partial charge >= 0.3 is 0 Å². The highest BCUT2D eigenvalue weighted by molar-refractivity contribution is 5.81. The molecule has 0 spiro atoms. The van der Waals surface area contributed by atoms with Crippen molar-refractivity contribution in [2.45, 2.75) is 25.9 Å². The fourth-order valence-electron chi connectivity index (χ4n) is 0.433. The number of rotatable bonds is 3. The summed E-state index contributed by atoms with van der Waals surface area (Å²) in [5.74, 6) is -0.155. The van der Waals surface area contributed by atoms with Crippen molar-refractivity contribution >= 4 is 5.91 Å². The van der Waals surface area contributed by atoms with Crippen LogP contribution in [-0.4, -0.2) is 24.5 Å². The molecule has 0 fully saturated rings. The Kier molecular flexibility index (Phi) is 3.99. The van der Waals surface area contributed by atoms with Crippen LogP contribution in [0.4, 0.5) is 0 Å². The number of carbonyl (C=O) groups is 1. The van der Waals surface area contributed by atoms with E-state index in [0.717, 1.165) is 0 Å². The van der Waals surface area contributed by atoms with Gasteiger partial charge < -0.3 is 16.8 Å². The van der Waals surface area contributed by atoms with Crippen LogP contribution in [0.15, 0.2) is 0 Å². The third-order valence-corrected chi connectivity index (χ3v) is 1.16. The topological polar surface area (TPSA) is 81.1 Å². The van der Waals surface area contributed by atoms with E-state index in [1.807, 2.05) is 6.92 Å². The molecular weight excluding hydrogens is 130 g/mol. The van der Waals surface area contributed by atoms with Crippen LogP contribution < -0.4 is 16.8 Å². The van der Waals surface area contributed by atoms with Gasteiger partial charge in [0.05, 0.1) is 6.04 Å². The van der Waals surface area contributed by atoms with E-state index in [2.05, 4.69) is 5.32 Å². The van der Waals surface area contributed by atoms with E-state index in [-0.39, 0.29) is 11.9 Å². The van der Waals surface area contributed by atoms with Crippen LogP contribution in [0.5, 0.6) is 0 Å². The van der Waals surface area contributed by atoms with Gasteiger partial charge in [0.25, 0.3) is 0 Å². The molecule has 2 atom stereocenters. The molecule has 0 saturated heterocycles. The van der Waals surface area contributed by atoms with Gasteiger partial charge in [-0.15, -0.1) is 0 Å². The van der Waals surface area contributed by atoms with Gasteiger partial charge in [-0.1, -0.05) is 0 Å². The number of amides is 1. The first-order chi connectivity index (χ1) is 4.57. The van der Waals surface area contributed by atoms with E-state index in [0.29, 0.717) is 6.54 Å². The highest BCUT2D eigenvalue weighted by Crippen LogP contribution is 1.79. The van der Waals surface area contributed by atoms with Crippen molar-refractivity contribution in [3.05, 3.63) is 0 Å². The average Bonchev–Trinajstić information content (AvgIpc) is 1.87. The maximum absolute atomic E-state index is 10.8. The maximum Gasteiger partial charge on any atom is 0.236 e. The van der Waals surface area contributed by atoms with Gasteiger partial charge in [0.1, 0.15) is 0 Å². The van der Waals surface area contributed by atoms with E-state index in [1.54, 1.807) is 6.92 Å². The van der Waals surface area contributed by atoms with Gasteiger partial charge in [-0.3, -0.25) is 4.79 Å². The third-order valence-electron chi connectivity index (χ3n) is 1.16. The molecule has 5 N–H and O–H groups in total. The fraction of sp³-hybridized carbons (Fsp3) is 0.833. The summed E-state index contributed by atoms with van der Waals surface area (Å²) in [5.41, 5.74) is 10.6. The van der Waals surface area contributed by atoms with E-state index in [9.17, 15) is 4.79 Å². The summed E-state index contributed by atoms with van der Waals surface area (Å²) in [6.07, 6.45) is 0. The van der Waals surface area contributed by atoms with Crippen LogP contribution in [-0.2, 0) is 4.79 Å². The highest BCUT2D eigenvalue weighted by Gasteiger charge is 2.08. The SMILES string of the molecule is C[C@H](CN)NC(=O)[C@@H](C)N. The number of carbonyl (C=O) groups excluding carboxylic acids is 1. The Balaban J connectivity index is 3.57. The largest absolute Gasteiger partial charge is 0.351 e. The molecule has 0 heterocycles. The number of nitrogens with one attached hydrogen (secondary N) is 1. The molecule has 0 aromatic heterocycles. The van der Waals surface area contributed by atoms with E-state index in [1.165, 1.54) is 0 Å². The van der Waals surface area contributed by atoms with Crippen molar-refractivity contribution in [2.75, 3.05) is 6.54 Å². The summed E-state index contributed by atoms with van der Waals surface area (Å²) >= 11 is 0. The zero-order valence-electron chi connectivity index (χ0n) is 6.42. The minimum atomic E-state index is -0.450. The predicted octanol–water partition coefficient (Wildman–Crippen LogP) is -1.20. The number of nitrogens with two attached hydrogens (primary N) is 2. The molecule has 0 aliphatic heterocycles. The van der Waals surface area contributed by atoms with Crippen molar-refractivity contribution in [3.8, 4) is 0 Å². The molecule has 0 aromatic carbocycles. The Labute approximate surface area is 61.0 Å². The molecule has 4 nitrogen and oxygen atoms in total. The Bertz CT molecular complexity index is 114. The van der Waals surface area contributed by atoms with Gasteiger partial charge in [0, 0.05) is 12.6 Å². The molecule has 0 aliphatic carbocycles. The second-order valence-electron chi connectivity index (χ2n) is 2.43. The van der Waals surface area contributed by atoms with E-state index in [4.69, 9.17) is 11.5 Å². The van der Waals surface area contributed by atoms with Crippen LogP contribution in [0.3, 0.4) is 0 Å². The normalized spacial score (nSPS) is 16.0. The number of hydrogen-bond donors (Lipinski definition) is 3. The van der Waals surface area contributed by atoms with Crippen molar-refractivity contribution in [3.63, 3.8) is 0 Å². The van der Waals surface area contributed by atoms with E-state index >= 15 is 0 Å². The second kappa shape index (κ2) is 4.24. The van der Waals surface area contributed by atoms with Crippen molar-refractivity contribution in [2.24, 2.45) is 11.5 Å². The summed E-state index contributed by atoms with van der Waals surface area (Å²) in [4.78, 5) is 10.8. The summed E-state index contributed by atoms with van der Waals surface area (Å²) in [6, 6.07) is -0.438. The first-order valence-corrected chi connectivity index (χ1v) is 3.34. The molecule has 0 saturated carbocycles. The first kappa shape index (κ1) is 9.39. The predicted molar refractivity (Wildman–Crippen MR) is 40.3 cm³/mol. The maximum atomic E-state index is 10.8. The summed E-state index contributed by atoms with van der Waals surface area (Å²) in [6.45, 7) is 3.91. The Morgan fingerprint density at radius 1 is 1.60 bits per heavy atom. The van der Waals surface area contributed by atoms with Crippen molar-refractivity contribution in [1.29, 1.82) is 0 Å². The van der Waals surface area contributed by atoms with Gasteiger partial charge in [0.15, 0.2) is 0 Å². The monoisotopic (exact) mass is 145 g/mol. The molecule has 60 valence electrons. The Hall–Kier alpha value is -0.610. The summed E-state index contributed by atoms with van der Waals surface area (Å²) < 4.78 is 0. The van der Waals surface area contributed by atoms with Crippen molar-refractivity contribution in [1.82, 2.24) is 5.32 Å². The lowest BCUT2D eigenvalue weighted by Gasteiger charge is -2.12. The third kappa shape index (κ3) is 3.42. The molecule has 0 unspecified atom stereocenters.